The van der Waals surface area contributed by atoms with Gasteiger partial charge in [0.2, 0.25) is 0 Å². The van der Waals surface area contributed by atoms with Gasteiger partial charge in [0.25, 0.3) is 0 Å². The van der Waals surface area contributed by atoms with Crippen molar-refractivity contribution >= 4 is 17.6 Å². The quantitative estimate of drug-likeness (QED) is 0.358. The Bertz CT molecular complexity index is 426. The number of thioether (sulfide) groups is 1. The van der Waals surface area contributed by atoms with Gasteiger partial charge in [-0.1, -0.05) is 17.3 Å². The zero-order chi connectivity index (χ0) is 13.5. The molecule has 0 radical (unpaired) electrons. The summed E-state index contributed by atoms with van der Waals surface area (Å²) >= 11 is 1.75. The van der Waals surface area contributed by atoms with Crippen LogP contribution in [0.4, 0.5) is 4.39 Å². The first-order valence-electron chi connectivity index (χ1n) is 5.53. The topological polar surface area (TPSA) is 61.8 Å². The molecule has 0 saturated carbocycles. The van der Waals surface area contributed by atoms with Crippen LogP contribution in [0.2, 0.25) is 0 Å². The van der Waals surface area contributed by atoms with Gasteiger partial charge in [-0.2, -0.15) is 11.8 Å². The molecule has 4 nitrogen and oxygen atoms in total. The minimum absolute atomic E-state index is 0.133. The summed E-state index contributed by atoms with van der Waals surface area (Å²) in [7, 11) is 1.94. The van der Waals surface area contributed by atoms with Gasteiger partial charge < -0.3 is 15.8 Å². The zero-order valence-electron chi connectivity index (χ0n) is 10.6. The second kappa shape index (κ2) is 7.23. The first-order valence-corrected chi connectivity index (χ1v) is 6.92. The molecule has 0 unspecified atom stereocenters. The van der Waals surface area contributed by atoms with Gasteiger partial charge in [-0.3, -0.25) is 0 Å². The lowest BCUT2D eigenvalue weighted by molar-refractivity contribution is 0.318. The molecule has 0 spiro atoms. The van der Waals surface area contributed by atoms with E-state index in [4.69, 9.17) is 10.9 Å². The third-order valence-electron chi connectivity index (χ3n) is 2.58. The molecule has 0 aliphatic heterocycles. The highest BCUT2D eigenvalue weighted by atomic mass is 32.2. The van der Waals surface area contributed by atoms with Crippen LogP contribution in [-0.4, -0.2) is 41.5 Å². The first kappa shape index (κ1) is 14.8. The minimum atomic E-state index is -0.427. The van der Waals surface area contributed by atoms with Crippen LogP contribution in [0.1, 0.15) is 11.1 Å². The van der Waals surface area contributed by atoms with E-state index in [9.17, 15) is 4.39 Å². The van der Waals surface area contributed by atoms with E-state index in [1.54, 1.807) is 23.9 Å². The highest BCUT2D eigenvalue weighted by Gasteiger charge is 2.12. The predicted molar refractivity (Wildman–Crippen MR) is 73.6 cm³/mol. The Hall–Kier alpha value is -1.27. The third kappa shape index (κ3) is 3.89. The number of nitrogens with zero attached hydrogens (tertiary/aromatic N) is 2. The first-order chi connectivity index (χ1) is 8.60. The van der Waals surface area contributed by atoms with Crippen molar-refractivity contribution in [2.75, 3.05) is 25.6 Å². The summed E-state index contributed by atoms with van der Waals surface area (Å²) in [4.78, 5) is 2.03. The molecule has 0 saturated heterocycles. The molecule has 3 N–H and O–H groups in total. The van der Waals surface area contributed by atoms with Crippen LogP contribution in [0, 0.1) is 5.82 Å². The Morgan fingerprint density at radius 1 is 1.56 bits per heavy atom. The van der Waals surface area contributed by atoms with Crippen LogP contribution in [0.3, 0.4) is 0 Å². The number of nitrogens with two attached hydrogens (primary N) is 1. The van der Waals surface area contributed by atoms with Gasteiger partial charge >= 0.3 is 0 Å². The van der Waals surface area contributed by atoms with E-state index >= 15 is 0 Å². The van der Waals surface area contributed by atoms with Crippen LogP contribution in [0.15, 0.2) is 23.4 Å². The van der Waals surface area contributed by atoms with Crippen molar-refractivity contribution in [3.63, 3.8) is 0 Å². The minimum Gasteiger partial charge on any atom is -0.409 e. The number of oxime groups is 1. The van der Waals surface area contributed by atoms with Gasteiger partial charge in [-0.15, -0.1) is 0 Å². The van der Waals surface area contributed by atoms with Crippen LogP contribution in [-0.2, 0) is 6.54 Å². The summed E-state index contributed by atoms with van der Waals surface area (Å²) < 4.78 is 14.1. The summed E-state index contributed by atoms with van der Waals surface area (Å²) in [6, 6.07) is 4.91. The smallest absolute Gasteiger partial charge is 0.173 e. The lowest BCUT2D eigenvalue weighted by Crippen LogP contribution is -2.22. The highest BCUT2D eigenvalue weighted by Crippen LogP contribution is 2.14. The zero-order valence-corrected chi connectivity index (χ0v) is 11.4. The van der Waals surface area contributed by atoms with Crippen molar-refractivity contribution in [3.05, 3.63) is 35.1 Å². The van der Waals surface area contributed by atoms with Crippen LogP contribution < -0.4 is 5.73 Å². The molecule has 0 fully saturated rings. The Morgan fingerprint density at radius 3 is 2.89 bits per heavy atom. The number of hydrogen-bond acceptors (Lipinski definition) is 4. The SMILES string of the molecule is CSCCN(C)Cc1cccc(/C(N)=N/O)c1F. The van der Waals surface area contributed by atoms with Crippen LogP contribution >= 0.6 is 11.8 Å². The molecule has 1 aromatic carbocycles. The van der Waals surface area contributed by atoms with E-state index in [0.29, 0.717) is 12.1 Å². The van der Waals surface area contributed by atoms with Crippen LogP contribution in [0.25, 0.3) is 0 Å². The monoisotopic (exact) mass is 271 g/mol. The lowest BCUT2D eigenvalue weighted by Gasteiger charge is -2.17. The molecular weight excluding hydrogens is 253 g/mol. The Morgan fingerprint density at radius 2 is 2.28 bits per heavy atom. The Labute approximate surface area is 111 Å². The van der Waals surface area contributed by atoms with Crippen molar-refractivity contribution in [1.82, 2.24) is 4.90 Å². The fourth-order valence-electron chi connectivity index (χ4n) is 1.57. The molecule has 18 heavy (non-hydrogen) atoms. The number of hydrogen-bond donors (Lipinski definition) is 2. The molecule has 0 bridgehead atoms. The van der Waals surface area contributed by atoms with Crippen molar-refractivity contribution in [3.8, 4) is 0 Å². The van der Waals surface area contributed by atoms with E-state index in [-0.39, 0.29) is 11.4 Å². The second-order valence-corrected chi connectivity index (χ2v) is 4.98. The molecular formula is C12H18FN3OS. The third-order valence-corrected chi connectivity index (χ3v) is 3.17. The summed E-state index contributed by atoms with van der Waals surface area (Å²) in [5.41, 5.74) is 6.09. The summed E-state index contributed by atoms with van der Waals surface area (Å²) in [5, 5.41) is 11.4. The van der Waals surface area contributed by atoms with Gasteiger partial charge in [0.1, 0.15) is 5.82 Å². The van der Waals surface area contributed by atoms with E-state index in [1.807, 2.05) is 18.2 Å². The average Bonchev–Trinajstić information content (AvgIpc) is 2.38. The van der Waals surface area contributed by atoms with Gasteiger partial charge in [0.15, 0.2) is 5.84 Å². The number of benzene rings is 1. The predicted octanol–water partition coefficient (Wildman–Crippen LogP) is 1.72. The van der Waals surface area contributed by atoms with Gasteiger partial charge in [0, 0.05) is 24.4 Å². The molecule has 0 heterocycles. The summed E-state index contributed by atoms with van der Waals surface area (Å²) in [6.45, 7) is 1.38. The molecule has 0 aliphatic carbocycles. The van der Waals surface area contributed by atoms with Gasteiger partial charge in [-0.25, -0.2) is 4.39 Å². The van der Waals surface area contributed by atoms with Gasteiger partial charge in [-0.05, 0) is 19.4 Å². The summed E-state index contributed by atoms with van der Waals surface area (Å²) in [6.07, 6.45) is 2.04. The van der Waals surface area contributed by atoms with E-state index in [0.717, 1.165) is 12.3 Å². The van der Waals surface area contributed by atoms with Crippen molar-refractivity contribution in [2.24, 2.45) is 10.9 Å². The molecule has 1 aromatic rings. The van der Waals surface area contributed by atoms with Crippen molar-refractivity contribution < 1.29 is 9.60 Å². The molecule has 0 aromatic heterocycles. The van der Waals surface area contributed by atoms with Crippen LogP contribution in [0.5, 0.6) is 0 Å². The molecule has 0 amide bonds. The Balaban J connectivity index is 2.84. The maximum atomic E-state index is 14.1. The molecule has 1 rings (SSSR count). The number of rotatable bonds is 6. The highest BCUT2D eigenvalue weighted by molar-refractivity contribution is 7.98. The standard InChI is InChI=1S/C12H18FN3OS/c1-16(6-7-18-2)8-9-4-3-5-10(11(9)13)12(14)15-17/h3-5,17H,6-8H2,1-2H3,(H2,14,15). The van der Waals surface area contributed by atoms with Crippen molar-refractivity contribution in [2.45, 2.75) is 6.54 Å². The van der Waals surface area contributed by atoms with E-state index < -0.39 is 5.82 Å². The number of amidine groups is 1. The number of halogens is 1. The van der Waals surface area contributed by atoms with E-state index in [1.165, 1.54) is 6.07 Å². The molecule has 0 aliphatic rings. The van der Waals surface area contributed by atoms with Crippen molar-refractivity contribution in [1.29, 1.82) is 0 Å². The van der Waals surface area contributed by atoms with E-state index in [2.05, 4.69) is 5.16 Å². The second-order valence-electron chi connectivity index (χ2n) is 3.99. The largest absolute Gasteiger partial charge is 0.409 e. The fraction of sp³-hybridized carbons (Fsp3) is 0.417. The average molecular weight is 271 g/mol. The Kier molecular flexibility index (Phi) is 5.94. The lowest BCUT2D eigenvalue weighted by atomic mass is 10.1. The normalized spacial score (nSPS) is 12.1. The van der Waals surface area contributed by atoms with Gasteiger partial charge in [0.05, 0.1) is 5.56 Å². The molecule has 0 atom stereocenters. The summed E-state index contributed by atoms with van der Waals surface area (Å²) in [5.74, 6) is 0.364. The molecule has 6 heteroatoms. The molecule has 100 valence electrons. The maximum Gasteiger partial charge on any atom is 0.173 e. The fourth-order valence-corrected chi connectivity index (χ4v) is 2.06. The maximum absolute atomic E-state index is 14.1.